The van der Waals surface area contributed by atoms with Crippen molar-refractivity contribution < 1.29 is 46.8 Å². The molecule has 2 saturated heterocycles. The smallest absolute Gasteiger partial charge is 0.410 e. The van der Waals surface area contributed by atoms with Crippen LogP contribution >= 0.6 is 11.6 Å². The second-order valence-electron chi connectivity index (χ2n) is 13.3. The number of hydrogen-bond acceptors (Lipinski definition) is 8. The van der Waals surface area contributed by atoms with Gasteiger partial charge in [-0.1, -0.05) is 41.9 Å². The highest BCUT2D eigenvalue weighted by molar-refractivity contribution is 6.34. The van der Waals surface area contributed by atoms with Gasteiger partial charge in [-0.05, 0) is 64.2 Å². The van der Waals surface area contributed by atoms with Crippen LogP contribution in [0.2, 0.25) is 5.02 Å². The topological polar surface area (TPSA) is 92.8 Å². The molecule has 3 aromatic rings. The number of esters is 1. The maximum atomic E-state index is 16.7. The minimum atomic E-state index is -1.21. The van der Waals surface area contributed by atoms with Crippen LogP contribution < -0.4 is 9.47 Å². The number of amides is 1. The maximum Gasteiger partial charge on any atom is 0.410 e. The van der Waals surface area contributed by atoms with Gasteiger partial charge in [-0.25, -0.2) is 18.4 Å². The zero-order valence-electron chi connectivity index (χ0n) is 28.0. The molecule has 6 rings (SSSR count). The van der Waals surface area contributed by atoms with Gasteiger partial charge in [0.05, 0.1) is 30.3 Å². The summed E-state index contributed by atoms with van der Waals surface area (Å²) in [5, 5.41) is -0.400. The summed E-state index contributed by atoms with van der Waals surface area (Å²) in [6.45, 7) is 6.53. The van der Waals surface area contributed by atoms with E-state index in [2.05, 4.69) is 0 Å². The molecular weight excluding hydrogens is 660 g/mol. The van der Waals surface area contributed by atoms with Crippen LogP contribution in [0, 0.1) is 11.6 Å². The highest BCUT2D eigenvalue weighted by atomic mass is 35.5. The maximum absolute atomic E-state index is 16.7. The molecule has 0 aliphatic carbocycles. The fourth-order valence-electron chi connectivity index (χ4n) is 6.70. The SMILES string of the molecule is COC(=O)c1ccc(OCCOC2CCCCO2)c(F)c1-c1c(Cl)c(F)cc2c1C[C@](c1ccccc1)(C1CCN1C(=O)OC(C)(C)C)O2. The zero-order chi connectivity index (χ0) is 34.9. The van der Waals surface area contributed by atoms with Gasteiger partial charge in [-0.15, -0.1) is 0 Å². The molecule has 12 heteroatoms. The Morgan fingerprint density at radius 1 is 1.04 bits per heavy atom. The van der Waals surface area contributed by atoms with Crippen molar-refractivity contribution in [2.45, 2.75) is 76.4 Å². The van der Waals surface area contributed by atoms with Gasteiger partial charge in [-0.3, -0.25) is 0 Å². The van der Waals surface area contributed by atoms with Gasteiger partial charge in [0.1, 0.15) is 23.8 Å². The molecule has 0 radical (unpaired) electrons. The first kappa shape index (κ1) is 34.9. The Balaban J connectivity index is 1.40. The normalized spacial score (nSPS) is 21.7. The summed E-state index contributed by atoms with van der Waals surface area (Å²) >= 11 is 6.68. The summed E-state index contributed by atoms with van der Waals surface area (Å²) in [4.78, 5) is 28.0. The average Bonchev–Trinajstić information content (AvgIpc) is 3.42. The highest BCUT2D eigenvalue weighted by Crippen LogP contribution is 2.54. The van der Waals surface area contributed by atoms with E-state index in [0.29, 0.717) is 25.1 Å². The third kappa shape index (κ3) is 6.93. The first-order valence-corrected chi connectivity index (χ1v) is 16.8. The van der Waals surface area contributed by atoms with Crippen molar-refractivity contribution in [3.8, 4) is 22.6 Å². The molecule has 2 unspecified atom stereocenters. The molecule has 3 aliphatic rings. The van der Waals surface area contributed by atoms with E-state index in [4.69, 9.17) is 40.0 Å². The Morgan fingerprint density at radius 2 is 1.82 bits per heavy atom. The van der Waals surface area contributed by atoms with Crippen molar-refractivity contribution in [1.29, 1.82) is 0 Å². The first-order valence-electron chi connectivity index (χ1n) is 16.5. The summed E-state index contributed by atoms with van der Waals surface area (Å²) in [5.74, 6) is -2.73. The van der Waals surface area contributed by atoms with Crippen molar-refractivity contribution in [1.82, 2.24) is 4.90 Å². The molecule has 262 valence electrons. The Kier molecular flexibility index (Phi) is 10.1. The van der Waals surface area contributed by atoms with Crippen molar-refractivity contribution in [2.24, 2.45) is 0 Å². The summed E-state index contributed by atoms with van der Waals surface area (Å²) in [6, 6.07) is 12.6. The lowest BCUT2D eigenvalue weighted by molar-refractivity contribution is -0.165. The van der Waals surface area contributed by atoms with E-state index in [9.17, 15) is 9.59 Å². The van der Waals surface area contributed by atoms with Crippen LogP contribution in [0.1, 0.15) is 67.9 Å². The van der Waals surface area contributed by atoms with Crippen LogP contribution in [-0.4, -0.2) is 68.4 Å². The molecule has 0 spiro atoms. The van der Waals surface area contributed by atoms with Gasteiger partial charge in [-0.2, -0.15) is 0 Å². The number of rotatable bonds is 9. The number of fused-ring (bicyclic) bond motifs is 1. The average molecular weight is 700 g/mol. The quantitative estimate of drug-likeness (QED) is 0.165. The van der Waals surface area contributed by atoms with Crippen molar-refractivity contribution in [2.75, 3.05) is 33.5 Å². The zero-order valence-corrected chi connectivity index (χ0v) is 28.7. The van der Waals surface area contributed by atoms with Crippen LogP contribution in [0.3, 0.4) is 0 Å². The molecule has 3 aromatic carbocycles. The third-order valence-electron chi connectivity index (χ3n) is 9.01. The van der Waals surface area contributed by atoms with Crippen molar-refractivity contribution in [3.05, 3.63) is 81.9 Å². The number of hydrogen-bond donors (Lipinski definition) is 0. The van der Waals surface area contributed by atoms with Gasteiger partial charge in [0.15, 0.2) is 23.5 Å². The predicted molar refractivity (Wildman–Crippen MR) is 177 cm³/mol. The van der Waals surface area contributed by atoms with E-state index >= 15 is 8.78 Å². The molecule has 9 nitrogen and oxygen atoms in total. The number of likely N-dealkylation sites (tertiary alicyclic amines) is 1. The lowest BCUT2D eigenvalue weighted by Gasteiger charge is -2.50. The lowest BCUT2D eigenvalue weighted by atomic mass is 9.76. The van der Waals surface area contributed by atoms with Crippen LogP contribution in [0.15, 0.2) is 48.5 Å². The minimum absolute atomic E-state index is 0.00874. The Morgan fingerprint density at radius 3 is 2.47 bits per heavy atom. The van der Waals surface area contributed by atoms with E-state index in [1.807, 2.05) is 30.3 Å². The number of nitrogens with zero attached hydrogens (tertiary/aromatic N) is 1. The van der Waals surface area contributed by atoms with Crippen LogP contribution in [0.5, 0.6) is 11.5 Å². The van der Waals surface area contributed by atoms with Gasteiger partial charge >= 0.3 is 12.1 Å². The first-order chi connectivity index (χ1) is 23.4. The molecule has 0 bridgehead atoms. The summed E-state index contributed by atoms with van der Waals surface area (Å²) in [5.41, 5.74) is -1.38. The van der Waals surface area contributed by atoms with E-state index in [-0.39, 0.29) is 54.1 Å². The molecule has 0 N–H and O–H groups in total. The van der Waals surface area contributed by atoms with Gasteiger partial charge in [0.2, 0.25) is 0 Å². The molecule has 2 fully saturated rings. The van der Waals surface area contributed by atoms with Gasteiger partial charge < -0.3 is 33.3 Å². The molecule has 1 amide bonds. The predicted octanol–water partition coefficient (Wildman–Crippen LogP) is 7.83. The van der Waals surface area contributed by atoms with Crippen molar-refractivity contribution in [3.63, 3.8) is 0 Å². The number of carbonyl (C=O) groups excluding carboxylic acids is 2. The molecule has 0 aromatic heterocycles. The molecule has 3 atom stereocenters. The summed E-state index contributed by atoms with van der Waals surface area (Å²) < 4.78 is 66.8. The molecule has 49 heavy (non-hydrogen) atoms. The molecule has 0 saturated carbocycles. The fourth-order valence-corrected chi connectivity index (χ4v) is 6.96. The van der Waals surface area contributed by atoms with Crippen LogP contribution in [0.4, 0.5) is 13.6 Å². The fraction of sp³-hybridized carbons (Fsp3) is 0.459. The largest absolute Gasteiger partial charge is 0.488 e. The third-order valence-corrected chi connectivity index (χ3v) is 9.38. The Hall–Kier alpha value is -3.93. The summed E-state index contributed by atoms with van der Waals surface area (Å²) in [7, 11) is 1.17. The van der Waals surface area contributed by atoms with Crippen LogP contribution in [-0.2, 0) is 31.0 Å². The second kappa shape index (κ2) is 14.1. The Bertz CT molecular complexity index is 1710. The van der Waals surface area contributed by atoms with E-state index in [0.717, 1.165) is 30.9 Å². The lowest BCUT2D eigenvalue weighted by Crippen LogP contribution is -2.63. The number of benzene rings is 3. The van der Waals surface area contributed by atoms with Gasteiger partial charge in [0, 0.05) is 42.3 Å². The number of carbonyl (C=O) groups is 2. The molecule has 3 heterocycles. The number of methoxy groups -OCH3 is 1. The van der Waals surface area contributed by atoms with E-state index < -0.39 is 46.0 Å². The second-order valence-corrected chi connectivity index (χ2v) is 13.7. The highest BCUT2D eigenvalue weighted by Gasteiger charge is 2.56. The Labute approximate surface area is 289 Å². The summed E-state index contributed by atoms with van der Waals surface area (Å²) in [6.07, 6.45) is 2.51. The number of halogens is 3. The van der Waals surface area contributed by atoms with E-state index in [1.165, 1.54) is 19.2 Å². The number of ether oxygens (including phenoxy) is 6. The molecular formula is C37H40ClF2NO8. The standard InChI is InChI=1S/C37H40ClF2NO8/c1-36(2,3)49-35(43)41-16-15-28(41)37(22-10-6-5-7-11-22)21-24-27(48-37)20-25(39)32(38)30(24)31-23(34(42)44-4)13-14-26(33(31)40)45-18-19-47-29-12-8-9-17-46-29/h5-7,10-11,13-14,20,28-29H,8-9,12,15-19,21H2,1-4H3/t28?,29?,37-/m0/s1. The van der Waals surface area contributed by atoms with Crippen molar-refractivity contribution >= 4 is 23.7 Å². The monoisotopic (exact) mass is 699 g/mol. The molecule has 3 aliphatic heterocycles. The van der Waals surface area contributed by atoms with Gasteiger partial charge in [0.25, 0.3) is 0 Å². The van der Waals surface area contributed by atoms with E-state index in [1.54, 1.807) is 25.7 Å². The van der Waals surface area contributed by atoms with Crippen LogP contribution in [0.25, 0.3) is 11.1 Å². The minimum Gasteiger partial charge on any atom is -0.488 e.